The van der Waals surface area contributed by atoms with Crippen molar-refractivity contribution in [2.24, 2.45) is 0 Å². The summed E-state index contributed by atoms with van der Waals surface area (Å²) in [5.74, 6) is 0.301. The van der Waals surface area contributed by atoms with Crippen molar-refractivity contribution in [1.29, 1.82) is 0 Å². The quantitative estimate of drug-likeness (QED) is 0.508. The summed E-state index contributed by atoms with van der Waals surface area (Å²) in [4.78, 5) is 11.4. The molecule has 0 aliphatic carbocycles. The molecule has 1 heterocycles. The smallest absolute Gasteiger partial charge is 0.337 e. The highest BCUT2D eigenvalue weighted by Crippen LogP contribution is 2.43. The van der Waals surface area contributed by atoms with Gasteiger partial charge in [-0.1, -0.05) is 42.5 Å². The van der Waals surface area contributed by atoms with Crippen molar-refractivity contribution in [3.8, 4) is 11.5 Å². The number of ether oxygens (including phenoxy) is 1. The molecule has 0 aromatic heterocycles. The Morgan fingerprint density at radius 3 is 2.50 bits per heavy atom. The van der Waals surface area contributed by atoms with Crippen LogP contribution in [-0.2, 0) is 12.8 Å². The third kappa shape index (κ3) is 3.26. The lowest BCUT2D eigenvalue weighted by atomic mass is 10.0. The molecule has 0 fully saturated rings. The normalized spacial score (nSPS) is 11.7. The van der Waals surface area contributed by atoms with Crippen LogP contribution in [0, 0.1) is 0 Å². The molecule has 0 radical (unpaired) electrons. The maximum absolute atomic E-state index is 11.4. The van der Waals surface area contributed by atoms with Gasteiger partial charge in [0.05, 0.1) is 16.9 Å². The van der Waals surface area contributed by atoms with E-state index < -0.39 is 5.97 Å². The fourth-order valence-electron chi connectivity index (χ4n) is 3.23. The van der Waals surface area contributed by atoms with Crippen LogP contribution in [0.2, 0.25) is 0 Å². The second-order valence-electron chi connectivity index (χ2n) is 6.38. The Bertz CT molecular complexity index is 951. The van der Waals surface area contributed by atoms with Crippen LogP contribution < -0.4 is 10.1 Å². The molecule has 130 valence electrons. The predicted molar refractivity (Wildman–Crippen MR) is 102 cm³/mol. The van der Waals surface area contributed by atoms with E-state index in [1.807, 2.05) is 18.2 Å². The maximum atomic E-state index is 11.4. The van der Waals surface area contributed by atoms with Crippen LogP contribution in [0.3, 0.4) is 0 Å². The van der Waals surface area contributed by atoms with Gasteiger partial charge in [0, 0.05) is 0 Å². The SMILES string of the molecule is O=C(O)c1cccc2c1Nc1ccc(CCCc3ccccc3)cc1O2. The van der Waals surface area contributed by atoms with Crippen LogP contribution in [0.1, 0.15) is 27.9 Å². The number of nitrogens with one attached hydrogen (secondary N) is 1. The first-order valence-electron chi connectivity index (χ1n) is 8.69. The van der Waals surface area contributed by atoms with E-state index in [0.717, 1.165) is 30.7 Å². The van der Waals surface area contributed by atoms with E-state index in [9.17, 15) is 9.90 Å². The van der Waals surface area contributed by atoms with Crippen molar-refractivity contribution in [2.75, 3.05) is 5.32 Å². The van der Waals surface area contributed by atoms with Crippen molar-refractivity contribution in [3.05, 3.63) is 83.4 Å². The number of benzene rings is 3. The Labute approximate surface area is 152 Å². The van der Waals surface area contributed by atoms with E-state index in [2.05, 4.69) is 35.6 Å². The van der Waals surface area contributed by atoms with Crippen molar-refractivity contribution in [2.45, 2.75) is 19.3 Å². The summed E-state index contributed by atoms with van der Waals surface area (Å²) in [7, 11) is 0. The first-order chi connectivity index (χ1) is 12.7. The molecule has 0 bridgehead atoms. The van der Waals surface area contributed by atoms with Crippen LogP contribution in [0.4, 0.5) is 11.4 Å². The van der Waals surface area contributed by atoms with Crippen molar-refractivity contribution >= 4 is 17.3 Å². The summed E-state index contributed by atoms with van der Waals surface area (Å²) < 4.78 is 5.95. The lowest BCUT2D eigenvalue weighted by molar-refractivity contribution is 0.0697. The number of fused-ring (bicyclic) bond motifs is 2. The third-order valence-electron chi connectivity index (χ3n) is 4.56. The van der Waals surface area contributed by atoms with Gasteiger partial charge in [-0.05, 0) is 54.7 Å². The van der Waals surface area contributed by atoms with Crippen molar-refractivity contribution in [1.82, 2.24) is 0 Å². The van der Waals surface area contributed by atoms with Gasteiger partial charge in [-0.3, -0.25) is 0 Å². The van der Waals surface area contributed by atoms with E-state index in [-0.39, 0.29) is 5.56 Å². The summed E-state index contributed by atoms with van der Waals surface area (Å²) >= 11 is 0. The number of carboxylic acids is 1. The molecule has 3 aromatic carbocycles. The number of aryl methyl sites for hydroxylation is 2. The molecule has 0 spiro atoms. The summed E-state index contributed by atoms with van der Waals surface area (Å²) in [6, 6.07) is 21.6. The molecule has 0 unspecified atom stereocenters. The molecule has 0 saturated heterocycles. The molecule has 4 heteroatoms. The minimum absolute atomic E-state index is 0.208. The molecule has 1 aliphatic rings. The van der Waals surface area contributed by atoms with Gasteiger partial charge in [-0.15, -0.1) is 0 Å². The van der Waals surface area contributed by atoms with Crippen LogP contribution in [-0.4, -0.2) is 11.1 Å². The van der Waals surface area contributed by atoms with Gasteiger partial charge >= 0.3 is 5.97 Å². The van der Waals surface area contributed by atoms with Gasteiger partial charge in [0.1, 0.15) is 0 Å². The Hall–Kier alpha value is -3.27. The zero-order chi connectivity index (χ0) is 17.9. The zero-order valence-corrected chi connectivity index (χ0v) is 14.2. The number of rotatable bonds is 5. The predicted octanol–water partition coefficient (Wildman–Crippen LogP) is 5.41. The zero-order valence-electron chi connectivity index (χ0n) is 14.2. The number of aromatic carboxylic acids is 1. The lowest BCUT2D eigenvalue weighted by Gasteiger charge is -2.23. The highest BCUT2D eigenvalue weighted by molar-refractivity contribution is 5.98. The third-order valence-corrected chi connectivity index (χ3v) is 4.56. The summed E-state index contributed by atoms with van der Waals surface area (Å²) in [6.45, 7) is 0. The van der Waals surface area contributed by atoms with Crippen molar-refractivity contribution < 1.29 is 14.6 Å². The number of carbonyl (C=O) groups is 1. The highest BCUT2D eigenvalue weighted by Gasteiger charge is 2.22. The molecule has 26 heavy (non-hydrogen) atoms. The van der Waals surface area contributed by atoms with Gasteiger partial charge < -0.3 is 15.2 Å². The Morgan fingerprint density at radius 1 is 0.885 bits per heavy atom. The molecule has 4 nitrogen and oxygen atoms in total. The van der Waals surface area contributed by atoms with Gasteiger partial charge in [0.15, 0.2) is 11.5 Å². The molecular weight excluding hydrogens is 326 g/mol. The number of anilines is 2. The van der Waals surface area contributed by atoms with E-state index in [1.54, 1.807) is 18.2 Å². The minimum atomic E-state index is -0.973. The van der Waals surface area contributed by atoms with Crippen LogP contribution in [0.5, 0.6) is 11.5 Å². The summed E-state index contributed by atoms with van der Waals surface area (Å²) in [6.07, 6.45) is 3.07. The molecule has 1 aliphatic heterocycles. The van der Waals surface area contributed by atoms with Crippen LogP contribution in [0.15, 0.2) is 66.7 Å². The maximum Gasteiger partial charge on any atom is 0.337 e. The number of para-hydroxylation sites is 1. The van der Waals surface area contributed by atoms with Crippen molar-refractivity contribution in [3.63, 3.8) is 0 Å². The van der Waals surface area contributed by atoms with Crippen LogP contribution in [0.25, 0.3) is 0 Å². The second kappa shape index (κ2) is 6.92. The molecule has 0 atom stereocenters. The number of hydrogen-bond acceptors (Lipinski definition) is 3. The molecular formula is C22H19NO3. The van der Waals surface area contributed by atoms with E-state index >= 15 is 0 Å². The Balaban J connectivity index is 1.48. The van der Waals surface area contributed by atoms with E-state index in [4.69, 9.17) is 4.74 Å². The first kappa shape index (κ1) is 16.2. The van der Waals surface area contributed by atoms with E-state index in [1.165, 1.54) is 11.1 Å². The molecule has 2 N–H and O–H groups in total. The van der Waals surface area contributed by atoms with Gasteiger partial charge in [-0.25, -0.2) is 4.79 Å². The minimum Gasteiger partial charge on any atom is -0.478 e. The highest BCUT2D eigenvalue weighted by atomic mass is 16.5. The fourth-order valence-corrected chi connectivity index (χ4v) is 3.23. The Morgan fingerprint density at radius 2 is 1.69 bits per heavy atom. The molecule has 0 amide bonds. The molecule has 0 saturated carbocycles. The monoisotopic (exact) mass is 345 g/mol. The summed E-state index contributed by atoms with van der Waals surface area (Å²) in [5, 5.41) is 12.5. The standard InChI is InChI=1S/C22H19NO3/c24-22(25)17-10-5-11-19-21(17)23-18-13-12-16(14-20(18)26-19)9-4-8-15-6-2-1-3-7-15/h1-3,5-7,10-14,23H,4,8-9H2,(H,24,25). The largest absolute Gasteiger partial charge is 0.478 e. The second-order valence-corrected chi connectivity index (χ2v) is 6.38. The van der Waals surface area contributed by atoms with Gasteiger partial charge in [0.2, 0.25) is 0 Å². The summed E-state index contributed by atoms with van der Waals surface area (Å²) in [5.41, 5.74) is 4.06. The lowest BCUT2D eigenvalue weighted by Crippen LogP contribution is -2.09. The van der Waals surface area contributed by atoms with Gasteiger partial charge in [-0.2, -0.15) is 0 Å². The number of hydrogen-bond donors (Lipinski definition) is 2. The topological polar surface area (TPSA) is 58.6 Å². The average molecular weight is 345 g/mol. The van der Waals surface area contributed by atoms with Crippen LogP contribution >= 0.6 is 0 Å². The first-order valence-corrected chi connectivity index (χ1v) is 8.69. The Kier molecular flexibility index (Phi) is 4.32. The molecule has 3 aromatic rings. The molecule has 4 rings (SSSR count). The van der Waals surface area contributed by atoms with Gasteiger partial charge in [0.25, 0.3) is 0 Å². The average Bonchev–Trinajstić information content (AvgIpc) is 2.66. The van der Waals surface area contributed by atoms with E-state index in [0.29, 0.717) is 11.4 Å². The number of carboxylic acid groups (broad SMARTS) is 1. The fraction of sp³-hybridized carbons (Fsp3) is 0.136.